The lowest BCUT2D eigenvalue weighted by atomic mass is 9.83. The molecule has 0 radical (unpaired) electrons. The molecule has 0 N–H and O–H groups in total. The van der Waals surface area contributed by atoms with Crippen LogP contribution in [-0.2, 0) is 32.5 Å². The van der Waals surface area contributed by atoms with Gasteiger partial charge in [0.15, 0.2) is 5.78 Å². The molecule has 192 valence electrons. The van der Waals surface area contributed by atoms with Gasteiger partial charge in [-0.05, 0) is 109 Å². The molecule has 2 aromatic carbocycles. The summed E-state index contributed by atoms with van der Waals surface area (Å²) in [6.07, 6.45) is 7.82. The molecule has 0 bridgehead atoms. The molecule has 5 rings (SSSR count). The number of hydrogen-bond donors (Lipinski definition) is 0. The first kappa shape index (κ1) is 25.2. The monoisotopic (exact) mass is 516 g/mol. The smallest absolute Gasteiger partial charge is 0.266 e. The van der Waals surface area contributed by atoms with E-state index in [9.17, 15) is 18.0 Å². The zero-order valence-electron chi connectivity index (χ0n) is 21.8. The minimum atomic E-state index is -4.10. The van der Waals surface area contributed by atoms with Crippen LogP contribution in [0, 0.1) is 0 Å². The fraction of sp³-hybridized carbons (Fsp3) is 0.333. The van der Waals surface area contributed by atoms with E-state index in [-0.39, 0.29) is 10.7 Å². The number of anilines is 1. The van der Waals surface area contributed by atoms with Crippen molar-refractivity contribution in [3.8, 4) is 0 Å². The molecule has 0 unspecified atom stereocenters. The van der Waals surface area contributed by atoms with Gasteiger partial charge in [-0.15, -0.1) is 0 Å². The largest absolute Gasteiger partial charge is 0.371 e. The molecule has 1 aliphatic carbocycles. The third-order valence-corrected chi connectivity index (χ3v) is 9.50. The first-order valence-electron chi connectivity index (χ1n) is 12.7. The van der Waals surface area contributed by atoms with Crippen molar-refractivity contribution < 1.29 is 18.0 Å². The van der Waals surface area contributed by atoms with Crippen LogP contribution in [0.3, 0.4) is 0 Å². The number of carbonyl (C=O) groups is 2. The average molecular weight is 517 g/mol. The number of hydrogen-bond acceptors (Lipinski definition) is 5. The number of amides is 1. The Bertz CT molecular complexity index is 1470. The van der Waals surface area contributed by atoms with Crippen molar-refractivity contribution in [1.82, 2.24) is 4.31 Å². The van der Waals surface area contributed by atoms with Crippen LogP contribution < -0.4 is 4.90 Å². The number of nitrogens with zero attached hydrogens (tertiary/aromatic N) is 2. The van der Waals surface area contributed by atoms with E-state index in [0.717, 1.165) is 59.8 Å². The minimum absolute atomic E-state index is 0.0171. The Morgan fingerprint density at radius 2 is 1.51 bits per heavy atom. The molecule has 0 saturated carbocycles. The highest BCUT2D eigenvalue weighted by molar-refractivity contribution is 7.89. The maximum atomic E-state index is 13.6. The lowest BCUT2D eigenvalue weighted by molar-refractivity contribution is -0.123. The summed E-state index contributed by atoms with van der Waals surface area (Å²) < 4.78 is 28.0. The summed E-state index contributed by atoms with van der Waals surface area (Å²) in [5, 5.41) is 0. The molecule has 0 saturated heterocycles. The number of benzene rings is 2. The molecule has 0 fully saturated rings. The van der Waals surface area contributed by atoms with Crippen LogP contribution in [0.1, 0.15) is 55.9 Å². The van der Waals surface area contributed by atoms with Gasteiger partial charge in [-0.1, -0.05) is 18.2 Å². The van der Waals surface area contributed by atoms with Gasteiger partial charge in [0.2, 0.25) is 5.91 Å². The molecule has 2 aliphatic heterocycles. The third kappa shape index (κ3) is 4.35. The second kappa shape index (κ2) is 9.45. The molecular weight excluding hydrogens is 484 g/mol. The number of sulfonamides is 1. The van der Waals surface area contributed by atoms with E-state index >= 15 is 0 Å². The molecule has 6 nitrogen and oxygen atoms in total. The summed E-state index contributed by atoms with van der Waals surface area (Å²) in [4.78, 5) is 27.2. The summed E-state index contributed by atoms with van der Waals surface area (Å²) >= 11 is 0. The fourth-order valence-electron chi connectivity index (χ4n) is 5.73. The predicted octanol–water partition coefficient (Wildman–Crippen LogP) is 4.83. The van der Waals surface area contributed by atoms with E-state index in [0.29, 0.717) is 16.7 Å². The number of carbonyl (C=O) groups excluding carboxylic acids is 2. The van der Waals surface area contributed by atoms with Crippen LogP contribution in [0.15, 0.2) is 70.2 Å². The number of aryl methyl sites for hydroxylation is 2. The van der Waals surface area contributed by atoms with E-state index in [1.54, 1.807) is 32.0 Å². The summed E-state index contributed by atoms with van der Waals surface area (Å²) in [6, 6.07) is 11.2. The lowest BCUT2D eigenvalue weighted by Gasteiger charge is -2.37. The van der Waals surface area contributed by atoms with Crippen LogP contribution >= 0.6 is 0 Å². The van der Waals surface area contributed by atoms with Gasteiger partial charge in [0, 0.05) is 38.3 Å². The highest BCUT2D eigenvalue weighted by Gasteiger charge is 2.30. The van der Waals surface area contributed by atoms with Crippen molar-refractivity contribution in [3.05, 3.63) is 87.5 Å². The van der Waals surface area contributed by atoms with Gasteiger partial charge in [-0.2, -0.15) is 0 Å². The Balaban J connectivity index is 1.83. The Morgan fingerprint density at radius 1 is 0.946 bits per heavy atom. The van der Waals surface area contributed by atoms with E-state index in [4.69, 9.17) is 0 Å². The van der Waals surface area contributed by atoms with E-state index in [2.05, 4.69) is 17.0 Å². The molecule has 7 heteroatoms. The fourth-order valence-corrected chi connectivity index (χ4v) is 7.07. The van der Waals surface area contributed by atoms with Crippen LogP contribution in [-0.4, -0.2) is 44.6 Å². The number of Topliss-reactive ketones (excluding diaryl/α,β-unsaturated/α-hetero) is 1. The van der Waals surface area contributed by atoms with Crippen molar-refractivity contribution in [2.24, 2.45) is 0 Å². The zero-order valence-corrected chi connectivity index (χ0v) is 22.6. The molecule has 3 aliphatic rings. The molecular formula is C30H32N2O4S. The van der Waals surface area contributed by atoms with Crippen molar-refractivity contribution >= 4 is 33.0 Å². The van der Waals surface area contributed by atoms with E-state index < -0.39 is 15.9 Å². The van der Waals surface area contributed by atoms with Gasteiger partial charge in [-0.25, -0.2) is 12.7 Å². The summed E-state index contributed by atoms with van der Waals surface area (Å²) in [6.45, 7) is 6.95. The summed E-state index contributed by atoms with van der Waals surface area (Å²) in [5.74, 6) is -0.575. The number of allylic oxidation sites excluding steroid dienone is 5. The van der Waals surface area contributed by atoms with E-state index in [1.165, 1.54) is 30.8 Å². The highest BCUT2D eigenvalue weighted by atomic mass is 32.2. The zero-order chi connectivity index (χ0) is 26.5. The lowest BCUT2D eigenvalue weighted by Crippen LogP contribution is -2.34. The maximum absolute atomic E-state index is 13.6. The number of ketones is 1. The highest BCUT2D eigenvalue weighted by Crippen LogP contribution is 2.41. The second-order valence-corrected chi connectivity index (χ2v) is 12.1. The maximum Gasteiger partial charge on any atom is 0.266 e. The normalized spacial score (nSPS) is 17.1. The predicted molar refractivity (Wildman–Crippen MR) is 146 cm³/mol. The Labute approximate surface area is 219 Å². The van der Waals surface area contributed by atoms with Gasteiger partial charge in [0.05, 0.1) is 4.90 Å². The first-order chi connectivity index (χ1) is 17.6. The van der Waals surface area contributed by atoms with Gasteiger partial charge < -0.3 is 4.90 Å². The Kier molecular flexibility index (Phi) is 6.44. The Morgan fingerprint density at radius 3 is 2.08 bits per heavy atom. The van der Waals surface area contributed by atoms with Crippen LogP contribution in [0.5, 0.6) is 0 Å². The van der Waals surface area contributed by atoms with Crippen molar-refractivity contribution in [3.63, 3.8) is 0 Å². The quantitative estimate of drug-likeness (QED) is 0.582. The van der Waals surface area contributed by atoms with Crippen molar-refractivity contribution in [1.29, 1.82) is 0 Å². The van der Waals surface area contributed by atoms with Crippen LogP contribution in [0.25, 0.3) is 5.57 Å². The topological polar surface area (TPSA) is 74.8 Å². The van der Waals surface area contributed by atoms with Gasteiger partial charge >= 0.3 is 0 Å². The number of rotatable bonds is 4. The Hall–Kier alpha value is -3.45. The van der Waals surface area contributed by atoms with E-state index in [1.807, 2.05) is 18.2 Å². The summed E-state index contributed by atoms with van der Waals surface area (Å²) in [7, 11) is -2.81. The standard InChI is InChI=1S/C30H32N2O4S/c1-19-15-24(16-20(2)30(19)34)28(26-11-5-6-12-27(26)37(35,36)31(4)21(3)33)25-17-22-9-7-13-32-14-8-10-23(18-25)29(22)32/h5-6,11-12,15-18H,7-10,13-14H2,1-4H3. The SMILES string of the molecule is CC(=O)N(C)S(=O)(=O)c1ccccc1C(=C1C=C(C)C(=O)C(C)=C1)c1cc2c3c(c1)CCCN3CCC2. The summed E-state index contributed by atoms with van der Waals surface area (Å²) in [5.41, 5.74) is 8.12. The second-order valence-electron chi connectivity index (χ2n) is 10.1. The molecule has 0 atom stereocenters. The third-order valence-electron chi connectivity index (χ3n) is 7.61. The molecule has 2 heterocycles. The average Bonchev–Trinajstić information content (AvgIpc) is 2.87. The first-order valence-corrected chi connectivity index (χ1v) is 14.2. The van der Waals surface area contributed by atoms with Crippen LogP contribution in [0.4, 0.5) is 5.69 Å². The van der Waals surface area contributed by atoms with Gasteiger partial charge in [-0.3, -0.25) is 9.59 Å². The van der Waals surface area contributed by atoms with Crippen molar-refractivity contribution in [2.45, 2.75) is 51.3 Å². The van der Waals surface area contributed by atoms with Crippen molar-refractivity contribution in [2.75, 3.05) is 25.0 Å². The molecule has 1 amide bonds. The minimum Gasteiger partial charge on any atom is -0.371 e. The molecule has 0 aromatic heterocycles. The van der Waals surface area contributed by atoms with Crippen LogP contribution in [0.2, 0.25) is 0 Å². The van der Waals surface area contributed by atoms with Gasteiger partial charge in [0.25, 0.3) is 10.0 Å². The molecule has 2 aromatic rings. The molecule has 37 heavy (non-hydrogen) atoms. The molecule has 0 spiro atoms. The van der Waals surface area contributed by atoms with Gasteiger partial charge in [0.1, 0.15) is 0 Å².